The molecule has 2 unspecified atom stereocenters. The van der Waals surface area contributed by atoms with Crippen LogP contribution in [0.4, 0.5) is 0 Å². The molecule has 0 aliphatic rings. The van der Waals surface area contributed by atoms with Gasteiger partial charge in [-0.1, -0.05) is 6.07 Å². The van der Waals surface area contributed by atoms with Crippen LogP contribution >= 0.6 is 0 Å². The first-order valence-electron chi connectivity index (χ1n) is 5.31. The van der Waals surface area contributed by atoms with Gasteiger partial charge in [0.05, 0.1) is 0 Å². The van der Waals surface area contributed by atoms with Gasteiger partial charge >= 0.3 is 0 Å². The van der Waals surface area contributed by atoms with Gasteiger partial charge in [-0.15, -0.1) is 0 Å². The van der Waals surface area contributed by atoms with E-state index in [-0.39, 0.29) is 17.7 Å². The van der Waals surface area contributed by atoms with Crippen molar-refractivity contribution >= 4 is 16.7 Å². The third-order valence-electron chi connectivity index (χ3n) is 2.41. The number of rotatable bonds is 4. The summed E-state index contributed by atoms with van der Waals surface area (Å²) in [5.41, 5.74) is 0.994. The van der Waals surface area contributed by atoms with E-state index in [4.69, 9.17) is 0 Å². The topological polar surface area (TPSA) is 66.4 Å². The number of phenols is 1. The van der Waals surface area contributed by atoms with Gasteiger partial charge in [-0.05, 0) is 26.0 Å². The molecule has 0 aliphatic carbocycles. The van der Waals surface area contributed by atoms with E-state index in [1.165, 1.54) is 6.07 Å². The Hall–Kier alpha value is -1.36. The number of phenolic OH excluding ortho intramolecular Hbond substituents is 1. The summed E-state index contributed by atoms with van der Waals surface area (Å²) in [5, 5.41) is 12.3. The fraction of sp³-hybridized carbons (Fsp3) is 0.417. The Morgan fingerprint density at radius 2 is 2.18 bits per heavy atom. The normalized spacial score (nSPS) is 14.1. The molecular weight excluding hydrogens is 238 g/mol. The maximum atomic E-state index is 11.9. The Morgan fingerprint density at radius 1 is 1.53 bits per heavy atom. The largest absolute Gasteiger partial charge is 0.508 e. The van der Waals surface area contributed by atoms with Gasteiger partial charge in [0.2, 0.25) is 0 Å². The fourth-order valence-electron chi connectivity index (χ4n) is 1.56. The Labute approximate surface area is 104 Å². The van der Waals surface area contributed by atoms with Gasteiger partial charge in [-0.2, -0.15) is 0 Å². The highest BCUT2D eigenvalue weighted by molar-refractivity contribution is 7.84. The summed E-state index contributed by atoms with van der Waals surface area (Å²) in [6.45, 7) is 3.49. The Kier molecular flexibility index (Phi) is 4.69. The number of hydrogen-bond donors (Lipinski definition) is 2. The molecule has 94 valence electrons. The zero-order valence-corrected chi connectivity index (χ0v) is 11.0. The minimum Gasteiger partial charge on any atom is -0.508 e. The Bertz CT molecular complexity index is 445. The molecule has 5 heteroatoms. The second kappa shape index (κ2) is 5.82. The van der Waals surface area contributed by atoms with Gasteiger partial charge in [-0.3, -0.25) is 9.00 Å². The first kappa shape index (κ1) is 13.7. The van der Waals surface area contributed by atoms with E-state index in [9.17, 15) is 14.1 Å². The third-order valence-corrected chi connectivity index (χ3v) is 3.38. The summed E-state index contributed by atoms with van der Waals surface area (Å²) < 4.78 is 11.0. The lowest BCUT2D eigenvalue weighted by Gasteiger charge is -2.14. The van der Waals surface area contributed by atoms with Crippen molar-refractivity contribution in [1.82, 2.24) is 5.32 Å². The van der Waals surface area contributed by atoms with Crippen molar-refractivity contribution in [3.05, 3.63) is 29.3 Å². The molecule has 0 aliphatic heterocycles. The number of nitrogens with one attached hydrogen (secondary N) is 1. The van der Waals surface area contributed by atoms with Crippen molar-refractivity contribution in [2.75, 3.05) is 12.0 Å². The number of carbonyl (C=O) groups excluding carboxylic acids is 1. The molecule has 2 atom stereocenters. The molecule has 2 N–H and O–H groups in total. The molecule has 0 saturated heterocycles. The third kappa shape index (κ3) is 3.85. The molecule has 17 heavy (non-hydrogen) atoms. The quantitative estimate of drug-likeness (QED) is 0.849. The average molecular weight is 255 g/mol. The molecule has 1 aromatic rings. The number of amides is 1. The van der Waals surface area contributed by atoms with Gasteiger partial charge in [-0.25, -0.2) is 0 Å². The van der Waals surface area contributed by atoms with Crippen molar-refractivity contribution in [3.63, 3.8) is 0 Å². The summed E-state index contributed by atoms with van der Waals surface area (Å²) in [5.74, 6) is 0.268. The number of hydrogen-bond acceptors (Lipinski definition) is 3. The highest BCUT2D eigenvalue weighted by atomic mass is 32.2. The minimum atomic E-state index is -0.942. The Morgan fingerprint density at radius 3 is 2.76 bits per heavy atom. The summed E-state index contributed by atoms with van der Waals surface area (Å²) >= 11 is 0. The van der Waals surface area contributed by atoms with Crippen molar-refractivity contribution in [3.8, 4) is 5.75 Å². The second-order valence-electron chi connectivity index (χ2n) is 4.06. The first-order chi connectivity index (χ1) is 7.91. The van der Waals surface area contributed by atoms with Crippen LogP contribution in [0.25, 0.3) is 0 Å². The van der Waals surface area contributed by atoms with Gasteiger partial charge in [0.1, 0.15) is 5.75 Å². The van der Waals surface area contributed by atoms with E-state index >= 15 is 0 Å². The number of carbonyl (C=O) groups is 1. The van der Waals surface area contributed by atoms with Crippen LogP contribution in [0.5, 0.6) is 5.75 Å². The summed E-state index contributed by atoms with van der Waals surface area (Å²) in [7, 11) is -0.942. The molecule has 0 bridgehead atoms. The van der Waals surface area contributed by atoms with Crippen LogP contribution in [0.3, 0.4) is 0 Å². The zero-order valence-electron chi connectivity index (χ0n) is 10.2. The highest BCUT2D eigenvalue weighted by Gasteiger charge is 2.14. The lowest BCUT2D eigenvalue weighted by molar-refractivity contribution is 0.0942. The first-order valence-corrected chi connectivity index (χ1v) is 7.04. The summed E-state index contributed by atoms with van der Waals surface area (Å²) in [4.78, 5) is 11.9. The lowest BCUT2D eigenvalue weighted by Crippen LogP contribution is -2.36. The van der Waals surface area contributed by atoms with E-state index in [1.807, 2.05) is 0 Å². The monoisotopic (exact) mass is 255 g/mol. The summed E-state index contributed by atoms with van der Waals surface area (Å²) in [6.07, 6.45) is 1.60. The predicted octanol–water partition coefficient (Wildman–Crippen LogP) is 1.20. The molecule has 1 amide bonds. The van der Waals surface area contributed by atoms with Crippen LogP contribution in [0, 0.1) is 6.92 Å². The molecule has 1 aromatic carbocycles. The molecule has 0 spiro atoms. The van der Waals surface area contributed by atoms with Crippen LogP contribution in [-0.2, 0) is 10.8 Å². The van der Waals surface area contributed by atoms with Gasteiger partial charge in [0.25, 0.3) is 5.91 Å². The van der Waals surface area contributed by atoms with Gasteiger partial charge < -0.3 is 10.4 Å². The standard InChI is InChI=1S/C12H17NO3S/c1-8(7-17(3)16)13-12(15)10-5-4-6-11(14)9(10)2/h4-6,8,14H,7H2,1-3H3,(H,13,15). The maximum Gasteiger partial charge on any atom is 0.251 e. The van der Waals surface area contributed by atoms with Gasteiger partial charge in [0, 0.05) is 40.0 Å². The van der Waals surface area contributed by atoms with Crippen LogP contribution in [0.15, 0.2) is 18.2 Å². The van der Waals surface area contributed by atoms with E-state index in [2.05, 4.69) is 5.32 Å². The smallest absolute Gasteiger partial charge is 0.251 e. The second-order valence-corrected chi connectivity index (χ2v) is 5.54. The van der Waals surface area contributed by atoms with E-state index in [0.717, 1.165) is 0 Å². The average Bonchev–Trinajstić information content (AvgIpc) is 2.20. The molecular formula is C12H17NO3S. The van der Waals surface area contributed by atoms with Crippen molar-refractivity contribution in [2.24, 2.45) is 0 Å². The molecule has 0 heterocycles. The van der Waals surface area contributed by atoms with E-state index in [0.29, 0.717) is 16.9 Å². The minimum absolute atomic E-state index is 0.101. The lowest BCUT2D eigenvalue weighted by atomic mass is 10.1. The maximum absolute atomic E-state index is 11.9. The number of benzene rings is 1. The molecule has 0 radical (unpaired) electrons. The predicted molar refractivity (Wildman–Crippen MR) is 68.7 cm³/mol. The Balaban J connectivity index is 2.77. The molecule has 0 aromatic heterocycles. The molecule has 0 fully saturated rings. The van der Waals surface area contributed by atoms with Crippen LogP contribution in [0.1, 0.15) is 22.8 Å². The SMILES string of the molecule is Cc1c(O)cccc1C(=O)NC(C)CS(C)=O. The zero-order chi connectivity index (χ0) is 13.0. The summed E-state index contributed by atoms with van der Waals surface area (Å²) in [6, 6.07) is 4.66. The number of aromatic hydroxyl groups is 1. The molecule has 1 rings (SSSR count). The van der Waals surface area contributed by atoms with Crippen LogP contribution in [-0.4, -0.2) is 33.3 Å². The fourth-order valence-corrected chi connectivity index (χ4v) is 2.35. The van der Waals surface area contributed by atoms with Crippen molar-refractivity contribution < 1.29 is 14.1 Å². The van der Waals surface area contributed by atoms with Gasteiger partial charge in [0.15, 0.2) is 0 Å². The van der Waals surface area contributed by atoms with Crippen LogP contribution in [0.2, 0.25) is 0 Å². The van der Waals surface area contributed by atoms with Crippen molar-refractivity contribution in [1.29, 1.82) is 0 Å². The van der Waals surface area contributed by atoms with Crippen LogP contribution < -0.4 is 5.32 Å². The van der Waals surface area contributed by atoms with E-state index in [1.54, 1.807) is 32.2 Å². The van der Waals surface area contributed by atoms with E-state index < -0.39 is 10.8 Å². The highest BCUT2D eigenvalue weighted by Crippen LogP contribution is 2.19. The molecule has 0 saturated carbocycles. The van der Waals surface area contributed by atoms with Crippen molar-refractivity contribution in [2.45, 2.75) is 19.9 Å². The molecule has 4 nitrogen and oxygen atoms in total.